The number of nitrogens with one attached hydrogen (secondary N) is 1. The molecule has 4 heteroatoms. The van der Waals surface area contributed by atoms with Crippen LogP contribution >= 0.6 is 0 Å². The molecule has 11 heavy (non-hydrogen) atoms. The van der Waals surface area contributed by atoms with E-state index in [-0.39, 0.29) is 12.4 Å². The molecule has 0 aliphatic carbocycles. The molecule has 0 radical (unpaired) electrons. The first-order valence-corrected chi connectivity index (χ1v) is 3.44. The van der Waals surface area contributed by atoms with E-state index in [1.54, 1.807) is 0 Å². The lowest BCUT2D eigenvalue weighted by molar-refractivity contribution is 0.275. The highest BCUT2D eigenvalue weighted by atomic mass is 19.1. The zero-order valence-electron chi connectivity index (χ0n) is 6.05. The number of aliphatic hydroxyl groups excluding tert-OH is 1. The summed E-state index contributed by atoms with van der Waals surface area (Å²) >= 11 is 0. The molecule has 0 aromatic carbocycles. The number of aromatic amines is 1. The summed E-state index contributed by atoms with van der Waals surface area (Å²) in [6.07, 6.45) is 3.14. The Morgan fingerprint density at radius 1 is 1.64 bits per heavy atom. The second-order valence-electron chi connectivity index (χ2n) is 2.38. The van der Waals surface area contributed by atoms with E-state index in [9.17, 15) is 4.39 Å². The molecule has 0 aliphatic rings. The molecule has 3 nitrogen and oxygen atoms in total. The Labute approximate surface area is 64.0 Å². The minimum Gasteiger partial charge on any atom is -0.396 e. The van der Waals surface area contributed by atoms with Crippen molar-refractivity contribution >= 4 is 0 Å². The highest BCUT2D eigenvalue weighted by Gasteiger charge is 2.10. The van der Waals surface area contributed by atoms with Gasteiger partial charge in [-0.25, -0.2) is 4.39 Å². The third-order valence-electron chi connectivity index (χ3n) is 1.56. The van der Waals surface area contributed by atoms with Crippen LogP contribution in [0.3, 0.4) is 0 Å². The Morgan fingerprint density at radius 2 is 2.36 bits per heavy atom. The second-order valence-corrected chi connectivity index (χ2v) is 2.38. The van der Waals surface area contributed by atoms with Crippen molar-refractivity contribution in [3.8, 4) is 0 Å². The van der Waals surface area contributed by atoms with Gasteiger partial charge in [-0.3, -0.25) is 0 Å². The van der Waals surface area contributed by atoms with Gasteiger partial charge in [-0.1, -0.05) is 0 Å². The van der Waals surface area contributed by atoms with E-state index in [0.717, 1.165) is 0 Å². The number of aromatic nitrogens is 1. The normalized spacial score (nSPS) is 13.4. The standard InChI is InChI=1S/C7H11FN2O/c8-6-4-10-3-5(6)7(9)1-2-11/h3-4,7,10-11H,1-2,9H2/t7-/m0/s1. The molecule has 4 N–H and O–H groups in total. The van der Waals surface area contributed by atoms with E-state index in [4.69, 9.17) is 10.8 Å². The molecule has 0 spiro atoms. The highest BCUT2D eigenvalue weighted by molar-refractivity contribution is 5.15. The summed E-state index contributed by atoms with van der Waals surface area (Å²) < 4.78 is 12.7. The average Bonchev–Trinajstić information content (AvgIpc) is 2.36. The van der Waals surface area contributed by atoms with Gasteiger partial charge in [0.25, 0.3) is 0 Å². The maximum Gasteiger partial charge on any atom is 0.145 e. The van der Waals surface area contributed by atoms with Gasteiger partial charge < -0.3 is 15.8 Å². The predicted octanol–water partition coefficient (Wildman–Crippen LogP) is 0.536. The van der Waals surface area contributed by atoms with Crippen molar-refractivity contribution in [3.63, 3.8) is 0 Å². The van der Waals surface area contributed by atoms with Crippen molar-refractivity contribution in [1.29, 1.82) is 0 Å². The minimum absolute atomic E-state index is 0.0220. The smallest absolute Gasteiger partial charge is 0.145 e. The van der Waals surface area contributed by atoms with E-state index >= 15 is 0 Å². The molecule has 1 heterocycles. The van der Waals surface area contributed by atoms with Gasteiger partial charge in [0, 0.05) is 30.6 Å². The Balaban J connectivity index is 2.67. The van der Waals surface area contributed by atoms with E-state index < -0.39 is 6.04 Å². The van der Waals surface area contributed by atoms with Crippen molar-refractivity contribution in [3.05, 3.63) is 23.8 Å². The molecule has 62 valence electrons. The van der Waals surface area contributed by atoms with Crippen molar-refractivity contribution in [2.24, 2.45) is 5.73 Å². The molecule has 0 amide bonds. The molecular weight excluding hydrogens is 147 g/mol. The summed E-state index contributed by atoms with van der Waals surface area (Å²) in [7, 11) is 0. The first kappa shape index (κ1) is 8.23. The molecule has 1 aromatic rings. The Hall–Kier alpha value is -0.870. The van der Waals surface area contributed by atoms with Gasteiger partial charge in [0.1, 0.15) is 5.82 Å². The van der Waals surface area contributed by atoms with Crippen LogP contribution in [0.1, 0.15) is 18.0 Å². The first-order chi connectivity index (χ1) is 5.25. The van der Waals surface area contributed by atoms with Crippen molar-refractivity contribution in [2.75, 3.05) is 6.61 Å². The van der Waals surface area contributed by atoms with E-state index in [1.165, 1.54) is 12.4 Å². The van der Waals surface area contributed by atoms with E-state index in [2.05, 4.69) is 4.98 Å². The molecule has 0 bridgehead atoms. The molecule has 0 aliphatic heterocycles. The number of hydrogen-bond acceptors (Lipinski definition) is 2. The van der Waals surface area contributed by atoms with Crippen LogP contribution in [-0.2, 0) is 0 Å². The number of halogens is 1. The zero-order chi connectivity index (χ0) is 8.27. The lowest BCUT2D eigenvalue weighted by Gasteiger charge is -2.06. The highest BCUT2D eigenvalue weighted by Crippen LogP contribution is 2.15. The lowest BCUT2D eigenvalue weighted by Crippen LogP contribution is -2.12. The molecule has 0 saturated carbocycles. The van der Waals surface area contributed by atoms with Gasteiger partial charge in [0.15, 0.2) is 0 Å². The van der Waals surface area contributed by atoms with Crippen molar-refractivity contribution < 1.29 is 9.50 Å². The van der Waals surface area contributed by atoms with Crippen LogP contribution in [0.15, 0.2) is 12.4 Å². The largest absolute Gasteiger partial charge is 0.396 e. The molecule has 1 atom stereocenters. The predicted molar refractivity (Wildman–Crippen MR) is 39.4 cm³/mol. The summed E-state index contributed by atoms with van der Waals surface area (Å²) in [5.74, 6) is -0.342. The first-order valence-electron chi connectivity index (χ1n) is 3.44. The molecule has 1 aromatic heterocycles. The van der Waals surface area contributed by atoms with Gasteiger partial charge >= 0.3 is 0 Å². The second kappa shape index (κ2) is 3.50. The van der Waals surface area contributed by atoms with Gasteiger partial charge in [0.05, 0.1) is 0 Å². The Morgan fingerprint density at radius 3 is 2.82 bits per heavy atom. The number of hydrogen-bond donors (Lipinski definition) is 3. The summed E-state index contributed by atoms with van der Waals surface area (Å²) in [6.45, 7) is -0.0220. The fraction of sp³-hybridized carbons (Fsp3) is 0.429. The number of nitrogens with two attached hydrogens (primary N) is 1. The van der Waals surface area contributed by atoms with Crippen LogP contribution in [0, 0.1) is 5.82 Å². The zero-order valence-corrected chi connectivity index (χ0v) is 6.05. The third kappa shape index (κ3) is 1.78. The van der Waals surface area contributed by atoms with Gasteiger partial charge in [-0.05, 0) is 6.42 Å². The average molecular weight is 158 g/mol. The van der Waals surface area contributed by atoms with Gasteiger partial charge in [-0.15, -0.1) is 0 Å². The van der Waals surface area contributed by atoms with Crippen LogP contribution in [0.4, 0.5) is 4.39 Å². The van der Waals surface area contributed by atoms with Crippen LogP contribution < -0.4 is 5.73 Å². The summed E-state index contributed by atoms with van der Waals surface area (Å²) in [6, 6.07) is -0.411. The SMILES string of the molecule is N[C@@H](CCO)c1c[nH]cc1F. The fourth-order valence-electron chi connectivity index (χ4n) is 0.936. The van der Waals surface area contributed by atoms with E-state index in [0.29, 0.717) is 12.0 Å². The van der Waals surface area contributed by atoms with Crippen molar-refractivity contribution in [2.45, 2.75) is 12.5 Å². The third-order valence-corrected chi connectivity index (χ3v) is 1.56. The molecular formula is C7H11FN2O. The van der Waals surface area contributed by atoms with E-state index in [1.807, 2.05) is 0 Å². The summed E-state index contributed by atoms with van der Waals surface area (Å²) in [5.41, 5.74) is 5.96. The Bertz CT molecular complexity index is 224. The van der Waals surface area contributed by atoms with Crippen LogP contribution in [0.2, 0.25) is 0 Å². The van der Waals surface area contributed by atoms with Crippen LogP contribution in [-0.4, -0.2) is 16.7 Å². The molecule has 1 rings (SSSR count). The summed E-state index contributed by atoms with van der Waals surface area (Å²) in [4.78, 5) is 2.60. The maximum atomic E-state index is 12.7. The quantitative estimate of drug-likeness (QED) is 0.601. The maximum absolute atomic E-state index is 12.7. The number of H-pyrrole nitrogens is 1. The van der Waals surface area contributed by atoms with Gasteiger partial charge in [-0.2, -0.15) is 0 Å². The number of rotatable bonds is 3. The fourth-order valence-corrected chi connectivity index (χ4v) is 0.936. The van der Waals surface area contributed by atoms with Crippen molar-refractivity contribution in [1.82, 2.24) is 4.98 Å². The van der Waals surface area contributed by atoms with Crippen LogP contribution in [0.5, 0.6) is 0 Å². The van der Waals surface area contributed by atoms with Gasteiger partial charge in [0.2, 0.25) is 0 Å². The van der Waals surface area contributed by atoms with Crippen LogP contribution in [0.25, 0.3) is 0 Å². The summed E-state index contributed by atoms with van der Waals surface area (Å²) in [5, 5.41) is 8.51. The monoisotopic (exact) mass is 158 g/mol. The molecule has 0 unspecified atom stereocenters. The minimum atomic E-state index is -0.411. The number of aliphatic hydroxyl groups is 1. The topological polar surface area (TPSA) is 62.0 Å². The lowest BCUT2D eigenvalue weighted by atomic mass is 10.1. The Kier molecular flexibility index (Phi) is 2.62. The molecule has 0 saturated heterocycles. The molecule has 0 fully saturated rings.